The molecule has 1 unspecified atom stereocenters. The summed E-state index contributed by atoms with van der Waals surface area (Å²) in [5, 5.41) is 18.2. The lowest BCUT2D eigenvalue weighted by atomic mass is 10.3. The van der Waals surface area contributed by atoms with Crippen molar-refractivity contribution in [2.45, 2.75) is 12.6 Å². The van der Waals surface area contributed by atoms with Crippen LogP contribution in [-0.4, -0.2) is 32.8 Å². The summed E-state index contributed by atoms with van der Waals surface area (Å²) >= 11 is 2.21. The average Bonchev–Trinajstić information content (AvgIpc) is 2.90. The van der Waals surface area contributed by atoms with E-state index in [1.807, 2.05) is 48.5 Å². The van der Waals surface area contributed by atoms with E-state index in [-0.39, 0.29) is 6.61 Å². The third-order valence-electron chi connectivity index (χ3n) is 3.07. The Morgan fingerprint density at radius 1 is 1.14 bits per heavy atom. The van der Waals surface area contributed by atoms with Gasteiger partial charge >= 0.3 is 0 Å². The summed E-state index contributed by atoms with van der Waals surface area (Å²) in [6.45, 7) is 0.568. The molecule has 3 rings (SSSR count). The summed E-state index contributed by atoms with van der Waals surface area (Å²) in [5.41, 5.74) is 1.73. The third-order valence-corrected chi connectivity index (χ3v) is 3.96. The third kappa shape index (κ3) is 3.33. The maximum Gasteiger partial charge on any atom is 0.132 e. The minimum Gasteiger partial charge on any atom is -0.490 e. The second-order valence-corrected chi connectivity index (χ2v) is 5.82. The summed E-state index contributed by atoms with van der Waals surface area (Å²) in [4.78, 5) is 0. The topological polar surface area (TPSA) is 60.2 Å². The number of rotatable bonds is 5. The van der Waals surface area contributed by atoms with Gasteiger partial charge in [0.25, 0.3) is 0 Å². The van der Waals surface area contributed by atoms with Gasteiger partial charge in [-0.15, -0.1) is 5.10 Å². The van der Waals surface area contributed by atoms with Gasteiger partial charge in [0.15, 0.2) is 0 Å². The molecule has 21 heavy (non-hydrogen) atoms. The van der Waals surface area contributed by atoms with E-state index in [0.717, 1.165) is 20.4 Å². The number of hydrogen-bond acceptors (Lipinski definition) is 4. The zero-order valence-electron chi connectivity index (χ0n) is 11.2. The molecule has 0 bridgehead atoms. The number of fused-ring (bicyclic) bond motifs is 1. The van der Waals surface area contributed by atoms with Crippen LogP contribution in [0.15, 0.2) is 48.5 Å². The van der Waals surface area contributed by atoms with Gasteiger partial charge in [0.2, 0.25) is 0 Å². The molecule has 1 atom stereocenters. The van der Waals surface area contributed by atoms with Crippen LogP contribution in [0.3, 0.4) is 0 Å². The first-order valence-electron chi connectivity index (χ1n) is 6.57. The average molecular weight is 395 g/mol. The van der Waals surface area contributed by atoms with Crippen LogP contribution >= 0.6 is 22.6 Å². The Labute approximate surface area is 135 Å². The molecule has 1 heterocycles. The molecule has 0 saturated carbocycles. The molecular weight excluding hydrogens is 381 g/mol. The molecule has 108 valence electrons. The van der Waals surface area contributed by atoms with Crippen LogP contribution < -0.4 is 4.74 Å². The van der Waals surface area contributed by atoms with Crippen LogP contribution in [0.2, 0.25) is 0 Å². The van der Waals surface area contributed by atoms with E-state index >= 15 is 0 Å². The normalized spacial score (nSPS) is 12.5. The maximum absolute atomic E-state index is 10.1. The van der Waals surface area contributed by atoms with Crippen LogP contribution in [-0.2, 0) is 6.54 Å². The summed E-state index contributed by atoms with van der Waals surface area (Å²) in [6, 6.07) is 15.4. The fraction of sp³-hybridized carbons (Fsp3) is 0.200. The van der Waals surface area contributed by atoms with Gasteiger partial charge in [0.05, 0.1) is 15.6 Å². The lowest BCUT2D eigenvalue weighted by Crippen LogP contribution is -2.24. The van der Waals surface area contributed by atoms with Crippen molar-refractivity contribution in [1.82, 2.24) is 15.0 Å². The molecule has 2 aromatic carbocycles. The standard InChI is InChI=1S/C15H14IN3O2/c16-12-5-1-4-8-15(12)21-10-11(20)9-19-14-7-3-2-6-13(14)17-18-19/h1-8,11,20H,9-10H2. The number of hydrogen-bond donors (Lipinski definition) is 1. The van der Waals surface area contributed by atoms with E-state index < -0.39 is 6.10 Å². The number of benzene rings is 2. The van der Waals surface area contributed by atoms with Gasteiger partial charge in [-0.05, 0) is 46.9 Å². The van der Waals surface area contributed by atoms with Gasteiger partial charge in [0, 0.05) is 0 Å². The van der Waals surface area contributed by atoms with Crippen LogP contribution in [0.5, 0.6) is 5.75 Å². The Morgan fingerprint density at radius 3 is 2.76 bits per heavy atom. The molecule has 6 heteroatoms. The Balaban J connectivity index is 1.64. The zero-order valence-corrected chi connectivity index (χ0v) is 13.3. The summed E-state index contributed by atoms with van der Waals surface area (Å²) in [7, 11) is 0. The first-order valence-corrected chi connectivity index (χ1v) is 7.65. The Kier molecular flexibility index (Phi) is 4.35. The molecule has 0 amide bonds. The van der Waals surface area contributed by atoms with Crippen molar-refractivity contribution in [3.8, 4) is 5.75 Å². The molecule has 0 saturated heterocycles. The first-order chi connectivity index (χ1) is 10.2. The minimum atomic E-state index is -0.647. The molecule has 0 aliphatic carbocycles. The number of ether oxygens (including phenoxy) is 1. The van der Waals surface area contributed by atoms with Crippen LogP contribution in [0.1, 0.15) is 0 Å². The second-order valence-electron chi connectivity index (χ2n) is 4.66. The summed E-state index contributed by atoms with van der Waals surface area (Å²) in [5.74, 6) is 0.778. The molecule has 5 nitrogen and oxygen atoms in total. The fourth-order valence-corrected chi connectivity index (χ4v) is 2.60. The van der Waals surface area contributed by atoms with Gasteiger partial charge < -0.3 is 9.84 Å². The van der Waals surface area contributed by atoms with Crippen LogP contribution in [0.25, 0.3) is 11.0 Å². The van der Waals surface area contributed by atoms with Crippen molar-refractivity contribution < 1.29 is 9.84 Å². The van der Waals surface area contributed by atoms with Gasteiger partial charge in [-0.2, -0.15) is 0 Å². The van der Waals surface area contributed by atoms with Crippen molar-refractivity contribution in [1.29, 1.82) is 0 Å². The van der Waals surface area contributed by atoms with Crippen molar-refractivity contribution in [3.63, 3.8) is 0 Å². The molecule has 0 fully saturated rings. The van der Waals surface area contributed by atoms with E-state index in [4.69, 9.17) is 4.74 Å². The van der Waals surface area contributed by atoms with Crippen molar-refractivity contribution in [2.75, 3.05) is 6.61 Å². The molecule has 0 aliphatic heterocycles. The van der Waals surface area contributed by atoms with E-state index in [1.54, 1.807) is 4.68 Å². The molecule has 3 aromatic rings. The Morgan fingerprint density at radius 2 is 1.90 bits per heavy atom. The number of para-hydroxylation sites is 2. The molecule has 1 aromatic heterocycles. The monoisotopic (exact) mass is 395 g/mol. The Hall–Kier alpha value is -1.67. The van der Waals surface area contributed by atoms with Crippen molar-refractivity contribution >= 4 is 33.6 Å². The first kappa shape index (κ1) is 14.3. The maximum atomic E-state index is 10.1. The van der Waals surface area contributed by atoms with E-state index in [9.17, 15) is 5.11 Å². The molecule has 0 spiro atoms. The SMILES string of the molecule is OC(COc1ccccc1I)Cn1nnc2ccccc21. The number of aliphatic hydroxyl groups excluding tert-OH is 1. The Bertz CT molecular complexity index is 744. The molecular formula is C15H14IN3O2. The van der Waals surface area contributed by atoms with Crippen LogP contribution in [0, 0.1) is 3.57 Å². The fourth-order valence-electron chi connectivity index (χ4n) is 2.05. The number of halogens is 1. The van der Waals surface area contributed by atoms with Crippen molar-refractivity contribution in [2.24, 2.45) is 0 Å². The second kappa shape index (κ2) is 6.40. The predicted molar refractivity (Wildman–Crippen MR) is 88.2 cm³/mol. The smallest absolute Gasteiger partial charge is 0.132 e. The lowest BCUT2D eigenvalue weighted by molar-refractivity contribution is 0.0895. The molecule has 1 N–H and O–H groups in total. The summed E-state index contributed by atoms with van der Waals surface area (Å²) in [6.07, 6.45) is -0.647. The number of nitrogens with zero attached hydrogens (tertiary/aromatic N) is 3. The highest BCUT2D eigenvalue weighted by molar-refractivity contribution is 14.1. The lowest BCUT2D eigenvalue weighted by Gasteiger charge is -2.13. The summed E-state index contributed by atoms with van der Waals surface area (Å²) < 4.78 is 8.36. The predicted octanol–water partition coefficient (Wildman–Crippen LogP) is 2.48. The highest BCUT2D eigenvalue weighted by Gasteiger charge is 2.11. The van der Waals surface area contributed by atoms with Gasteiger partial charge in [-0.1, -0.05) is 29.5 Å². The largest absolute Gasteiger partial charge is 0.490 e. The van der Waals surface area contributed by atoms with Gasteiger partial charge in [-0.25, -0.2) is 4.68 Å². The highest BCUT2D eigenvalue weighted by Crippen LogP contribution is 2.20. The highest BCUT2D eigenvalue weighted by atomic mass is 127. The van der Waals surface area contributed by atoms with Crippen LogP contribution in [0.4, 0.5) is 0 Å². The minimum absolute atomic E-state index is 0.216. The van der Waals surface area contributed by atoms with E-state index in [2.05, 4.69) is 32.9 Å². The van der Waals surface area contributed by atoms with Gasteiger partial charge in [-0.3, -0.25) is 0 Å². The number of aliphatic hydroxyl groups is 1. The number of aromatic nitrogens is 3. The zero-order chi connectivity index (χ0) is 14.7. The van der Waals surface area contributed by atoms with Crippen molar-refractivity contribution in [3.05, 3.63) is 52.1 Å². The van der Waals surface area contributed by atoms with E-state index in [0.29, 0.717) is 6.54 Å². The molecule has 0 radical (unpaired) electrons. The van der Waals surface area contributed by atoms with E-state index in [1.165, 1.54) is 0 Å². The van der Waals surface area contributed by atoms with Gasteiger partial charge in [0.1, 0.15) is 24.0 Å². The quantitative estimate of drug-likeness (QED) is 0.675. The molecule has 0 aliphatic rings.